The van der Waals surface area contributed by atoms with Crippen molar-refractivity contribution >= 4 is 18.2 Å². The summed E-state index contributed by atoms with van der Waals surface area (Å²) in [5.41, 5.74) is -0.435. The number of hydrogen-bond donors (Lipinski definition) is 1. The summed E-state index contributed by atoms with van der Waals surface area (Å²) in [6, 6.07) is 3.17. The standard InChI is InChI=1S/C21H31N3O6/c1-14-9-10-15(17(25)28-8)11-22-12-16(23-14)13-24(18(26)29-20(2,3)4)19(27)30-21(5,6)7/h9-12,22H,13H2,1-8H3. The van der Waals surface area contributed by atoms with Gasteiger partial charge in [0.15, 0.2) is 0 Å². The van der Waals surface area contributed by atoms with E-state index in [0.29, 0.717) is 11.4 Å². The number of ether oxygens (including phenoxy) is 3. The lowest BCUT2D eigenvalue weighted by atomic mass is 10.2. The smallest absolute Gasteiger partial charge is 0.420 e. The Balaban J connectivity index is 3.34. The van der Waals surface area contributed by atoms with Crippen molar-refractivity contribution in [1.29, 1.82) is 0 Å². The second kappa shape index (κ2) is 10.1. The molecule has 1 aromatic heterocycles. The number of carbonyl (C=O) groups excluding carboxylic acids is 3. The van der Waals surface area contributed by atoms with Gasteiger partial charge in [0, 0.05) is 18.1 Å². The summed E-state index contributed by atoms with van der Waals surface area (Å²) >= 11 is 0. The van der Waals surface area contributed by atoms with E-state index in [2.05, 4.69) is 9.97 Å². The highest BCUT2D eigenvalue weighted by Gasteiger charge is 2.31. The summed E-state index contributed by atoms with van der Waals surface area (Å²) in [7, 11) is 1.28. The minimum atomic E-state index is -0.855. The molecule has 0 radical (unpaired) electrons. The molecule has 9 nitrogen and oxygen atoms in total. The number of aryl methyl sites for hydroxylation is 1. The molecule has 0 saturated carbocycles. The second-order valence-electron chi connectivity index (χ2n) is 8.53. The van der Waals surface area contributed by atoms with Crippen LogP contribution in [0.1, 0.15) is 63.3 Å². The van der Waals surface area contributed by atoms with Crippen molar-refractivity contribution in [2.75, 3.05) is 7.11 Å². The van der Waals surface area contributed by atoms with Gasteiger partial charge in [-0.3, -0.25) is 4.98 Å². The van der Waals surface area contributed by atoms with Crippen molar-refractivity contribution in [3.05, 3.63) is 41.5 Å². The van der Waals surface area contributed by atoms with Crippen molar-refractivity contribution in [1.82, 2.24) is 14.9 Å². The highest BCUT2D eigenvalue weighted by atomic mass is 16.6. The molecule has 0 fully saturated rings. The first-order valence-electron chi connectivity index (χ1n) is 9.42. The quantitative estimate of drug-likeness (QED) is 0.572. The Bertz CT molecular complexity index is 804. The Morgan fingerprint density at radius 3 is 1.97 bits per heavy atom. The predicted molar refractivity (Wildman–Crippen MR) is 110 cm³/mol. The van der Waals surface area contributed by atoms with Crippen LogP contribution in [0.5, 0.6) is 0 Å². The third kappa shape index (κ3) is 8.93. The average molecular weight is 421 g/mol. The van der Waals surface area contributed by atoms with E-state index in [0.717, 1.165) is 4.90 Å². The number of carbonyl (C=O) groups is 3. The van der Waals surface area contributed by atoms with E-state index in [1.54, 1.807) is 60.6 Å². The van der Waals surface area contributed by atoms with E-state index >= 15 is 0 Å². The third-order valence-corrected chi connectivity index (χ3v) is 3.28. The summed E-state index contributed by atoms with van der Waals surface area (Å²) in [5.74, 6) is -0.521. The summed E-state index contributed by atoms with van der Waals surface area (Å²) in [5, 5.41) is 0. The maximum absolute atomic E-state index is 12.7. The number of hydrogen-bond acceptors (Lipinski definition) is 7. The molecule has 0 aliphatic carbocycles. The van der Waals surface area contributed by atoms with Crippen molar-refractivity contribution in [3.63, 3.8) is 0 Å². The number of nitrogens with zero attached hydrogens (tertiary/aromatic N) is 2. The SMILES string of the molecule is COC(=O)c1ccc(C)nc(CN(C(=O)OC(C)(C)C)C(=O)OC(C)(C)C)c[nH]c1. The fourth-order valence-corrected chi connectivity index (χ4v) is 2.11. The fourth-order valence-electron chi connectivity index (χ4n) is 2.11. The van der Waals surface area contributed by atoms with Gasteiger partial charge in [-0.2, -0.15) is 0 Å². The van der Waals surface area contributed by atoms with Crippen molar-refractivity contribution in [2.24, 2.45) is 0 Å². The molecule has 1 rings (SSSR count). The average Bonchev–Trinajstić information content (AvgIpc) is 2.66. The maximum atomic E-state index is 12.7. The zero-order chi connectivity index (χ0) is 23.1. The molecule has 0 bridgehead atoms. The molecular weight excluding hydrogens is 390 g/mol. The Kier molecular flexibility index (Phi) is 8.38. The molecule has 30 heavy (non-hydrogen) atoms. The number of esters is 1. The third-order valence-electron chi connectivity index (χ3n) is 3.28. The first kappa shape index (κ1) is 24.9. The van der Waals surface area contributed by atoms with Crippen LogP contribution < -0.4 is 0 Å². The lowest BCUT2D eigenvalue weighted by Gasteiger charge is -2.28. The lowest BCUT2D eigenvalue weighted by molar-refractivity contribution is -0.000524. The van der Waals surface area contributed by atoms with Gasteiger partial charge >= 0.3 is 18.2 Å². The van der Waals surface area contributed by atoms with Crippen molar-refractivity contribution in [2.45, 2.75) is 66.2 Å². The van der Waals surface area contributed by atoms with E-state index in [1.807, 2.05) is 0 Å². The summed E-state index contributed by atoms with van der Waals surface area (Å²) < 4.78 is 15.4. The van der Waals surface area contributed by atoms with E-state index < -0.39 is 29.4 Å². The first-order chi connectivity index (χ1) is 13.7. The number of methoxy groups -OCH3 is 1. The van der Waals surface area contributed by atoms with Gasteiger partial charge in [-0.05, 0) is 60.6 Å². The fraction of sp³-hybridized carbons (Fsp3) is 0.524. The number of H-pyrrole nitrogens is 1. The monoisotopic (exact) mass is 421 g/mol. The molecule has 0 saturated heterocycles. The van der Waals surface area contributed by atoms with Crippen LogP contribution in [-0.2, 0) is 20.8 Å². The minimum Gasteiger partial charge on any atom is -0.465 e. The molecule has 1 aromatic rings. The Morgan fingerprint density at radius 2 is 1.50 bits per heavy atom. The minimum absolute atomic E-state index is 0.205. The Labute approximate surface area is 177 Å². The van der Waals surface area contributed by atoms with E-state index in [9.17, 15) is 14.4 Å². The Morgan fingerprint density at radius 1 is 0.967 bits per heavy atom. The lowest BCUT2D eigenvalue weighted by Crippen LogP contribution is -2.43. The largest absolute Gasteiger partial charge is 0.465 e. The molecule has 0 atom stereocenters. The van der Waals surface area contributed by atoms with Crippen LogP contribution in [0.3, 0.4) is 0 Å². The van der Waals surface area contributed by atoms with Gasteiger partial charge in [-0.15, -0.1) is 0 Å². The predicted octanol–water partition coefficient (Wildman–Crippen LogP) is 4.30. The van der Waals surface area contributed by atoms with Crippen molar-refractivity contribution in [3.8, 4) is 0 Å². The van der Waals surface area contributed by atoms with Crippen LogP contribution in [0.2, 0.25) is 0 Å². The van der Waals surface area contributed by atoms with Gasteiger partial charge in [0.2, 0.25) is 0 Å². The number of amides is 2. The molecule has 0 spiro atoms. The first-order valence-corrected chi connectivity index (χ1v) is 9.42. The van der Waals surface area contributed by atoms with Crippen LogP contribution in [-0.4, -0.2) is 51.3 Å². The van der Waals surface area contributed by atoms with E-state index in [1.165, 1.54) is 19.5 Å². The van der Waals surface area contributed by atoms with Crippen LogP contribution >= 0.6 is 0 Å². The van der Waals surface area contributed by atoms with Crippen LogP contribution in [0, 0.1) is 6.92 Å². The number of nitrogens with one attached hydrogen (secondary N) is 1. The topological polar surface area (TPSA) is 111 Å². The highest BCUT2D eigenvalue weighted by Crippen LogP contribution is 2.16. The maximum Gasteiger partial charge on any atom is 0.420 e. The second-order valence-corrected chi connectivity index (χ2v) is 8.53. The van der Waals surface area contributed by atoms with Gasteiger partial charge in [0.25, 0.3) is 0 Å². The number of rotatable bonds is 3. The molecule has 0 aliphatic heterocycles. The van der Waals surface area contributed by atoms with Gasteiger partial charge < -0.3 is 19.2 Å². The Hall–Kier alpha value is -3.10. The number of aromatic nitrogens is 2. The van der Waals surface area contributed by atoms with Crippen LogP contribution in [0.4, 0.5) is 9.59 Å². The van der Waals surface area contributed by atoms with Gasteiger partial charge in [0.05, 0.1) is 24.9 Å². The summed E-state index contributed by atoms with van der Waals surface area (Å²) in [6.07, 6.45) is 1.20. The molecule has 166 valence electrons. The molecule has 1 N–H and O–H groups in total. The van der Waals surface area contributed by atoms with Crippen molar-refractivity contribution < 1.29 is 28.6 Å². The normalized spacial score (nSPS) is 11.2. The zero-order valence-corrected chi connectivity index (χ0v) is 18.9. The zero-order valence-electron chi connectivity index (χ0n) is 18.9. The number of imide groups is 1. The number of aromatic amines is 1. The summed E-state index contributed by atoms with van der Waals surface area (Å²) in [6.45, 7) is 11.7. The summed E-state index contributed by atoms with van der Waals surface area (Å²) in [4.78, 5) is 45.2. The van der Waals surface area contributed by atoms with E-state index in [-0.39, 0.29) is 12.1 Å². The molecular formula is C21H31N3O6. The van der Waals surface area contributed by atoms with E-state index in [4.69, 9.17) is 14.2 Å². The molecule has 0 aromatic carbocycles. The molecule has 0 aliphatic rings. The molecule has 1 heterocycles. The van der Waals surface area contributed by atoms with Gasteiger partial charge in [0.1, 0.15) is 11.2 Å². The van der Waals surface area contributed by atoms with Gasteiger partial charge in [-0.1, -0.05) is 0 Å². The van der Waals surface area contributed by atoms with Crippen LogP contribution in [0.25, 0.3) is 0 Å². The molecule has 0 unspecified atom stereocenters. The highest BCUT2D eigenvalue weighted by molar-refractivity contribution is 5.89. The van der Waals surface area contributed by atoms with Gasteiger partial charge in [-0.25, -0.2) is 19.3 Å². The van der Waals surface area contributed by atoms with Crippen LogP contribution in [0.15, 0.2) is 24.5 Å². The molecule has 2 amide bonds. The molecule has 9 heteroatoms.